The number of rotatable bonds is 5. The molecule has 2 rings (SSSR count). The van der Waals surface area contributed by atoms with E-state index >= 15 is 0 Å². The summed E-state index contributed by atoms with van der Waals surface area (Å²) in [6, 6.07) is 8.55. The van der Waals surface area contributed by atoms with E-state index in [4.69, 9.17) is 11.6 Å². The number of hydrogen-bond donors (Lipinski definition) is 1. The van der Waals surface area contributed by atoms with Crippen molar-refractivity contribution in [3.05, 3.63) is 53.1 Å². The van der Waals surface area contributed by atoms with E-state index in [1.165, 1.54) is 6.07 Å². The van der Waals surface area contributed by atoms with E-state index in [0.717, 1.165) is 18.7 Å². The molecule has 1 aromatic carbocycles. The van der Waals surface area contributed by atoms with Gasteiger partial charge in [-0.25, -0.2) is 4.39 Å². The first-order valence-electron chi connectivity index (χ1n) is 6.03. The molecule has 96 valence electrons. The minimum Gasteiger partial charge on any atom is -0.377 e. The van der Waals surface area contributed by atoms with Gasteiger partial charge in [0.2, 0.25) is 0 Å². The van der Waals surface area contributed by atoms with Crippen LogP contribution in [0.5, 0.6) is 0 Å². The third kappa shape index (κ3) is 3.05. The molecule has 0 aliphatic rings. The maximum Gasteiger partial charge on any atom is 0.146 e. The number of nitrogens with one attached hydrogen (secondary N) is 1. The highest BCUT2D eigenvalue weighted by Gasteiger charge is 2.04. The highest BCUT2D eigenvalue weighted by atomic mass is 35.5. The third-order valence-electron chi connectivity index (χ3n) is 2.78. The van der Waals surface area contributed by atoms with Crippen molar-refractivity contribution in [2.24, 2.45) is 0 Å². The molecule has 0 amide bonds. The van der Waals surface area contributed by atoms with Gasteiger partial charge in [-0.2, -0.15) is 0 Å². The van der Waals surface area contributed by atoms with Crippen LogP contribution in [0.1, 0.15) is 19.0 Å². The fourth-order valence-electron chi connectivity index (χ4n) is 1.89. The van der Waals surface area contributed by atoms with Gasteiger partial charge in [-0.3, -0.25) is 0 Å². The largest absolute Gasteiger partial charge is 0.377 e. The van der Waals surface area contributed by atoms with Crippen molar-refractivity contribution >= 4 is 17.3 Å². The van der Waals surface area contributed by atoms with Crippen molar-refractivity contribution in [1.29, 1.82) is 0 Å². The second kappa shape index (κ2) is 5.91. The van der Waals surface area contributed by atoms with Gasteiger partial charge in [0.25, 0.3) is 0 Å². The Morgan fingerprint density at radius 3 is 2.94 bits per heavy atom. The highest BCUT2D eigenvalue weighted by Crippen LogP contribution is 2.20. The molecule has 1 heterocycles. The van der Waals surface area contributed by atoms with E-state index in [1.807, 2.05) is 18.3 Å². The molecule has 18 heavy (non-hydrogen) atoms. The first-order chi connectivity index (χ1) is 8.70. The van der Waals surface area contributed by atoms with Crippen molar-refractivity contribution in [2.45, 2.75) is 26.4 Å². The molecule has 0 aliphatic carbocycles. The van der Waals surface area contributed by atoms with Crippen LogP contribution in [0.15, 0.2) is 36.5 Å². The minimum absolute atomic E-state index is 0.284. The molecule has 0 fully saturated rings. The van der Waals surface area contributed by atoms with Crippen LogP contribution in [0.3, 0.4) is 0 Å². The maximum atomic E-state index is 13.5. The van der Waals surface area contributed by atoms with Crippen LogP contribution in [0, 0.1) is 5.82 Å². The highest BCUT2D eigenvalue weighted by molar-refractivity contribution is 6.30. The molecule has 0 saturated heterocycles. The molecule has 0 radical (unpaired) electrons. The summed E-state index contributed by atoms with van der Waals surface area (Å²) in [7, 11) is 0. The Labute approximate surface area is 111 Å². The molecule has 0 saturated carbocycles. The van der Waals surface area contributed by atoms with Crippen LogP contribution in [-0.4, -0.2) is 4.57 Å². The summed E-state index contributed by atoms with van der Waals surface area (Å²) in [6.45, 7) is 3.69. The Morgan fingerprint density at radius 1 is 1.33 bits per heavy atom. The predicted octanol–water partition coefficient (Wildman–Crippen LogP) is 4.30. The van der Waals surface area contributed by atoms with Gasteiger partial charge in [-0.15, -0.1) is 0 Å². The summed E-state index contributed by atoms with van der Waals surface area (Å²) >= 11 is 5.85. The number of aromatic nitrogens is 1. The average Bonchev–Trinajstić information content (AvgIpc) is 2.78. The first kappa shape index (κ1) is 13.0. The van der Waals surface area contributed by atoms with Crippen molar-refractivity contribution < 1.29 is 4.39 Å². The van der Waals surface area contributed by atoms with Gasteiger partial charge in [-0.05, 0) is 36.8 Å². The molecule has 4 heteroatoms. The Morgan fingerprint density at radius 2 is 2.17 bits per heavy atom. The van der Waals surface area contributed by atoms with E-state index in [2.05, 4.69) is 16.8 Å². The molecule has 2 aromatic rings. The van der Waals surface area contributed by atoms with E-state index in [0.29, 0.717) is 17.3 Å². The van der Waals surface area contributed by atoms with Gasteiger partial charge < -0.3 is 9.88 Å². The molecule has 0 aliphatic heterocycles. The van der Waals surface area contributed by atoms with E-state index < -0.39 is 0 Å². The number of hydrogen-bond acceptors (Lipinski definition) is 1. The van der Waals surface area contributed by atoms with Crippen molar-refractivity contribution in [2.75, 3.05) is 5.32 Å². The van der Waals surface area contributed by atoms with E-state index in [9.17, 15) is 4.39 Å². The average molecular weight is 267 g/mol. The molecule has 2 nitrogen and oxygen atoms in total. The van der Waals surface area contributed by atoms with Crippen LogP contribution in [0.2, 0.25) is 5.02 Å². The standard InChI is InChI=1S/C14H16ClFN2/c1-2-7-18-8-3-4-12(18)10-17-14-9-11(15)5-6-13(14)16/h3-6,8-9,17H,2,7,10H2,1H3. The van der Waals surface area contributed by atoms with Crippen LogP contribution >= 0.6 is 11.6 Å². The summed E-state index contributed by atoms with van der Waals surface area (Å²) in [5, 5.41) is 3.61. The first-order valence-corrected chi connectivity index (χ1v) is 6.41. The van der Waals surface area contributed by atoms with Gasteiger partial charge in [0, 0.05) is 23.5 Å². The van der Waals surface area contributed by atoms with Crippen LogP contribution in [-0.2, 0) is 13.1 Å². The van der Waals surface area contributed by atoms with E-state index in [-0.39, 0.29) is 5.82 Å². The van der Waals surface area contributed by atoms with E-state index in [1.54, 1.807) is 12.1 Å². The predicted molar refractivity (Wildman–Crippen MR) is 73.5 cm³/mol. The summed E-state index contributed by atoms with van der Waals surface area (Å²) in [6.07, 6.45) is 3.11. The Kier molecular flexibility index (Phi) is 4.26. The second-order valence-corrected chi connectivity index (χ2v) is 4.61. The molecular weight excluding hydrogens is 251 g/mol. The number of nitrogens with zero attached hydrogens (tertiary/aromatic N) is 1. The Hall–Kier alpha value is -1.48. The van der Waals surface area contributed by atoms with Gasteiger partial charge in [-0.1, -0.05) is 18.5 Å². The molecule has 1 N–H and O–H groups in total. The van der Waals surface area contributed by atoms with Crippen LogP contribution < -0.4 is 5.32 Å². The topological polar surface area (TPSA) is 17.0 Å². The quantitative estimate of drug-likeness (QED) is 0.854. The Balaban J connectivity index is 2.06. The number of anilines is 1. The van der Waals surface area contributed by atoms with Gasteiger partial charge in [0.15, 0.2) is 0 Å². The lowest BCUT2D eigenvalue weighted by Crippen LogP contribution is -2.07. The van der Waals surface area contributed by atoms with Crippen LogP contribution in [0.4, 0.5) is 10.1 Å². The minimum atomic E-state index is -0.284. The fourth-order valence-corrected chi connectivity index (χ4v) is 2.06. The zero-order valence-corrected chi connectivity index (χ0v) is 11.0. The number of aryl methyl sites for hydroxylation is 1. The molecular formula is C14H16ClFN2. The van der Waals surface area contributed by atoms with Crippen molar-refractivity contribution in [1.82, 2.24) is 4.57 Å². The van der Waals surface area contributed by atoms with Gasteiger partial charge in [0.05, 0.1) is 12.2 Å². The van der Waals surface area contributed by atoms with Crippen LogP contribution in [0.25, 0.3) is 0 Å². The molecule has 1 aromatic heterocycles. The summed E-state index contributed by atoms with van der Waals surface area (Å²) in [4.78, 5) is 0. The molecule has 0 spiro atoms. The SMILES string of the molecule is CCCn1cccc1CNc1cc(Cl)ccc1F. The number of halogens is 2. The summed E-state index contributed by atoms with van der Waals surface area (Å²) in [5.41, 5.74) is 1.57. The molecule has 0 bridgehead atoms. The third-order valence-corrected chi connectivity index (χ3v) is 3.01. The summed E-state index contributed by atoms with van der Waals surface area (Å²) < 4.78 is 15.7. The lowest BCUT2D eigenvalue weighted by molar-refractivity contribution is 0.627. The van der Waals surface area contributed by atoms with Crippen molar-refractivity contribution in [3.63, 3.8) is 0 Å². The fraction of sp³-hybridized carbons (Fsp3) is 0.286. The summed E-state index contributed by atoms with van der Waals surface area (Å²) in [5.74, 6) is -0.284. The Bertz CT molecular complexity index is 522. The zero-order chi connectivity index (χ0) is 13.0. The molecule has 0 atom stereocenters. The second-order valence-electron chi connectivity index (χ2n) is 4.17. The van der Waals surface area contributed by atoms with Crippen molar-refractivity contribution in [3.8, 4) is 0 Å². The molecule has 0 unspecified atom stereocenters. The lowest BCUT2D eigenvalue weighted by Gasteiger charge is -2.11. The zero-order valence-electron chi connectivity index (χ0n) is 10.3. The maximum absolute atomic E-state index is 13.5. The smallest absolute Gasteiger partial charge is 0.146 e. The van der Waals surface area contributed by atoms with Gasteiger partial charge in [0.1, 0.15) is 5.82 Å². The normalized spacial score (nSPS) is 10.6. The van der Waals surface area contributed by atoms with Gasteiger partial charge >= 0.3 is 0 Å². The lowest BCUT2D eigenvalue weighted by atomic mass is 10.3. The number of benzene rings is 1. The monoisotopic (exact) mass is 266 g/mol.